The van der Waals surface area contributed by atoms with E-state index in [-0.39, 0.29) is 20.4 Å². The maximum Gasteiger partial charge on any atom is 0 e. The molecular weight excluding hydrogens is 272 g/mol. The molecule has 0 amide bonds. The van der Waals surface area contributed by atoms with E-state index in [1.54, 1.807) is 0 Å². The zero-order valence-electron chi connectivity index (χ0n) is 5.23. The van der Waals surface area contributed by atoms with Gasteiger partial charge in [-0.05, 0) is 5.92 Å². The van der Waals surface area contributed by atoms with Gasteiger partial charge in [-0.1, -0.05) is 19.8 Å². The van der Waals surface area contributed by atoms with E-state index in [0.29, 0.717) is 0 Å². The van der Waals surface area contributed by atoms with Crippen LogP contribution in [0, 0.1) is 5.92 Å². The van der Waals surface area contributed by atoms with Crippen molar-refractivity contribution in [3.8, 4) is 0 Å². The van der Waals surface area contributed by atoms with Gasteiger partial charge in [-0.3, -0.25) is 0 Å². The molecule has 0 N–H and O–H groups in total. The summed E-state index contributed by atoms with van der Waals surface area (Å²) in [5, 5.41) is 4.23. The Bertz CT molecular complexity index is 50.5. The molecule has 1 radical (unpaired) electrons. The van der Waals surface area contributed by atoms with Crippen LogP contribution in [0.1, 0.15) is 19.8 Å². The number of rotatable bonds is 0. The smallest absolute Gasteiger partial charge is 0 e. The molecule has 0 spiro atoms. The van der Waals surface area contributed by atoms with Crippen molar-refractivity contribution >= 4 is 0 Å². The second-order valence-electron chi connectivity index (χ2n) is 2.35. The molecule has 0 aliphatic carbocycles. The van der Waals surface area contributed by atoms with Crippen LogP contribution in [0.5, 0.6) is 0 Å². The third-order valence-electron chi connectivity index (χ3n) is 1.56. The van der Waals surface area contributed by atoms with E-state index in [9.17, 15) is 0 Å². The van der Waals surface area contributed by atoms with Crippen molar-refractivity contribution in [3.05, 3.63) is 5.32 Å². The fraction of sp³-hybridized carbons (Fsp3) is 1.00. The van der Waals surface area contributed by atoms with Crippen LogP contribution < -0.4 is 0 Å². The summed E-state index contributed by atoms with van der Waals surface area (Å²) in [6, 6.07) is 0. The normalized spacial score (nSPS) is 22.1. The van der Waals surface area contributed by atoms with Crippen LogP contribution >= 0.6 is 0 Å². The molecule has 1 saturated heterocycles. The van der Waals surface area contributed by atoms with Crippen molar-refractivity contribution in [2.24, 2.45) is 5.92 Å². The number of piperidine rings is 1. The monoisotopic (exact) mass is 285 g/mol. The molecular formula is C6H12NRe-. The quantitative estimate of drug-likeness (QED) is 0.644. The van der Waals surface area contributed by atoms with Crippen LogP contribution in [0.15, 0.2) is 0 Å². The Kier molecular flexibility index (Phi) is 4.85. The molecule has 0 bridgehead atoms. The minimum atomic E-state index is 0. The summed E-state index contributed by atoms with van der Waals surface area (Å²) in [6.07, 6.45) is 2.64. The average molecular weight is 284 g/mol. The molecule has 1 fully saturated rings. The summed E-state index contributed by atoms with van der Waals surface area (Å²) in [5.41, 5.74) is 0. The van der Waals surface area contributed by atoms with Gasteiger partial charge in [0.2, 0.25) is 0 Å². The summed E-state index contributed by atoms with van der Waals surface area (Å²) >= 11 is 0. The minimum absolute atomic E-state index is 0. The van der Waals surface area contributed by atoms with Gasteiger partial charge in [0.15, 0.2) is 0 Å². The predicted molar refractivity (Wildman–Crippen MR) is 31.5 cm³/mol. The summed E-state index contributed by atoms with van der Waals surface area (Å²) in [6.45, 7) is 4.52. The number of hydrogen-bond donors (Lipinski definition) is 0. The SMILES string of the molecule is CC1CC[N-]CC1.[Re]. The second-order valence-corrected chi connectivity index (χ2v) is 2.35. The van der Waals surface area contributed by atoms with Gasteiger partial charge in [0, 0.05) is 20.4 Å². The summed E-state index contributed by atoms with van der Waals surface area (Å²) in [5.74, 6) is 0.942. The van der Waals surface area contributed by atoms with Gasteiger partial charge < -0.3 is 5.32 Å². The molecule has 49 valence electrons. The topological polar surface area (TPSA) is 14.1 Å². The first-order valence-corrected chi connectivity index (χ1v) is 3.03. The van der Waals surface area contributed by atoms with Crippen LogP contribution in [-0.2, 0) is 20.4 Å². The van der Waals surface area contributed by atoms with Gasteiger partial charge >= 0.3 is 0 Å². The van der Waals surface area contributed by atoms with Gasteiger partial charge in [0.1, 0.15) is 0 Å². The van der Waals surface area contributed by atoms with E-state index in [2.05, 4.69) is 12.2 Å². The van der Waals surface area contributed by atoms with E-state index in [1.807, 2.05) is 0 Å². The molecule has 1 heterocycles. The first-order valence-electron chi connectivity index (χ1n) is 3.03. The van der Waals surface area contributed by atoms with E-state index in [0.717, 1.165) is 19.0 Å². The predicted octanol–water partition coefficient (Wildman–Crippen LogP) is 1.79. The molecule has 8 heavy (non-hydrogen) atoms. The number of nitrogens with zero attached hydrogens (tertiary/aromatic N) is 1. The van der Waals surface area contributed by atoms with Gasteiger partial charge in [0.05, 0.1) is 0 Å². The zero-order valence-corrected chi connectivity index (χ0v) is 7.95. The fourth-order valence-corrected chi connectivity index (χ4v) is 0.879. The van der Waals surface area contributed by atoms with Crippen LogP contribution in [0.4, 0.5) is 0 Å². The molecule has 1 aliphatic rings. The molecule has 0 unspecified atom stereocenters. The van der Waals surface area contributed by atoms with Gasteiger partial charge in [-0.25, -0.2) is 0 Å². The Labute approximate surface area is 64.9 Å². The first-order chi connectivity index (χ1) is 3.39. The van der Waals surface area contributed by atoms with Crippen molar-refractivity contribution in [3.63, 3.8) is 0 Å². The van der Waals surface area contributed by atoms with Crippen molar-refractivity contribution in [2.45, 2.75) is 19.8 Å². The van der Waals surface area contributed by atoms with E-state index in [4.69, 9.17) is 0 Å². The summed E-state index contributed by atoms with van der Waals surface area (Å²) in [7, 11) is 0. The standard InChI is InChI=1S/C6H12N.Re/c1-6-2-4-7-5-3-6;/h6H,2-5H2,1H3;/q-1;. The van der Waals surface area contributed by atoms with Crippen LogP contribution in [0.25, 0.3) is 5.32 Å². The van der Waals surface area contributed by atoms with Crippen LogP contribution in [0.2, 0.25) is 0 Å². The maximum atomic E-state index is 4.23. The fourth-order valence-electron chi connectivity index (χ4n) is 0.879. The minimum Gasteiger partial charge on any atom is -0.662 e. The second kappa shape index (κ2) is 4.50. The summed E-state index contributed by atoms with van der Waals surface area (Å²) in [4.78, 5) is 0. The Balaban J connectivity index is 0.000000490. The molecule has 1 rings (SSSR count). The van der Waals surface area contributed by atoms with Gasteiger partial charge in [0.25, 0.3) is 0 Å². The molecule has 2 heteroatoms. The van der Waals surface area contributed by atoms with Gasteiger partial charge in [-0.15, -0.1) is 13.1 Å². The van der Waals surface area contributed by atoms with E-state index < -0.39 is 0 Å². The third-order valence-corrected chi connectivity index (χ3v) is 1.56. The Morgan fingerprint density at radius 2 is 1.75 bits per heavy atom. The molecule has 1 aliphatic heterocycles. The van der Waals surface area contributed by atoms with E-state index >= 15 is 0 Å². The Hall–Kier alpha value is 0.622. The average Bonchev–Trinajstić information content (AvgIpc) is 1.69. The van der Waals surface area contributed by atoms with Crippen LogP contribution in [0.3, 0.4) is 0 Å². The molecule has 0 aromatic rings. The Morgan fingerprint density at radius 1 is 1.25 bits per heavy atom. The van der Waals surface area contributed by atoms with Crippen molar-refractivity contribution in [1.29, 1.82) is 0 Å². The number of hydrogen-bond acceptors (Lipinski definition) is 0. The largest absolute Gasteiger partial charge is 0.662 e. The van der Waals surface area contributed by atoms with Gasteiger partial charge in [-0.2, -0.15) is 0 Å². The van der Waals surface area contributed by atoms with Crippen molar-refractivity contribution in [2.75, 3.05) is 13.1 Å². The molecule has 0 atom stereocenters. The Morgan fingerprint density at radius 3 is 2.00 bits per heavy atom. The van der Waals surface area contributed by atoms with Crippen molar-refractivity contribution in [1.82, 2.24) is 0 Å². The molecule has 0 aromatic carbocycles. The molecule has 0 saturated carbocycles. The van der Waals surface area contributed by atoms with Crippen LogP contribution in [-0.4, -0.2) is 13.1 Å². The third kappa shape index (κ3) is 2.82. The molecule has 0 aromatic heterocycles. The summed E-state index contributed by atoms with van der Waals surface area (Å²) < 4.78 is 0. The van der Waals surface area contributed by atoms with Crippen molar-refractivity contribution < 1.29 is 20.4 Å². The maximum absolute atomic E-state index is 4.23. The van der Waals surface area contributed by atoms with E-state index in [1.165, 1.54) is 12.8 Å². The zero-order chi connectivity index (χ0) is 5.11. The molecule has 1 nitrogen and oxygen atoms in total. The first kappa shape index (κ1) is 8.62.